The minimum Gasteiger partial charge on any atom is -0.497 e. The Balaban J connectivity index is 1.43. The zero-order valence-electron chi connectivity index (χ0n) is 19.2. The predicted molar refractivity (Wildman–Crippen MR) is 131 cm³/mol. The first kappa shape index (κ1) is 22.6. The molecule has 0 saturated carbocycles. The number of ether oxygens (including phenoxy) is 1. The van der Waals surface area contributed by atoms with Crippen molar-refractivity contribution in [1.29, 1.82) is 5.26 Å². The Morgan fingerprint density at radius 1 is 1.15 bits per heavy atom. The molecule has 0 bridgehead atoms. The zero-order chi connectivity index (χ0) is 23.0. The van der Waals surface area contributed by atoms with Crippen molar-refractivity contribution in [2.24, 2.45) is 0 Å². The summed E-state index contributed by atoms with van der Waals surface area (Å²) >= 11 is 0. The van der Waals surface area contributed by atoms with Gasteiger partial charge in [-0.1, -0.05) is 31.5 Å². The van der Waals surface area contributed by atoms with Crippen LogP contribution < -0.4 is 20.3 Å². The number of methoxy groups -OCH3 is 1. The second-order valence-corrected chi connectivity index (χ2v) is 8.27. The average molecular weight is 443 g/mol. The molecule has 170 valence electrons. The molecule has 2 aromatic carbocycles. The summed E-state index contributed by atoms with van der Waals surface area (Å²) in [7, 11) is 1.68. The van der Waals surface area contributed by atoms with Crippen LogP contribution in [0.3, 0.4) is 0 Å². The fourth-order valence-corrected chi connectivity index (χ4v) is 4.02. The third-order valence-electron chi connectivity index (χ3n) is 5.79. The summed E-state index contributed by atoms with van der Waals surface area (Å²) in [6, 6.07) is 20.2. The minimum atomic E-state index is 0.403. The number of rotatable bonds is 9. The Morgan fingerprint density at radius 2 is 2.00 bits per heavy atom. The normalized spacial score (nSPS) is 15.3. The van der Waals surface area contributed by atoms with Gasteiger partial charge in [-0.25, -0.2) is 4.98 Å². The quantitative estimate of drug-likeness (QED) is 0.507. The molecule has 0 spiro atoms. The van der Waals surface area contributed by atoms with E-state index in [2.05, 4.69) is 46.7 Å². The second kappa shape index (κ2) is 10.8. The van der Waals surface area contributed by atoms with Gasteiger partial charge in [0.2, 0.25) is 5.95 Å². The Bertz CT molecular complexity index is 1110. The topological polar surface area (TPSA) is 86.1 Å². The predicted octanol–water partition coefficient (Wildman–Crippen LogP) is 4.42. The smallest absolute Gasteiger partial charge is 0.229 e. The Morgan fingerprint density at radius 3 is 2.76 bits per heavy atom. The van der Waals surface area contributed by atoms with Crippen LogP contribution >= 0.6 is 0 Å². The van der Waals surface area contributed by atoms with Gasteiger partial charge >= 0.3 is 0 Å². The molecular weight excluding hydrogens is 412 g/mol. The van der Waals surface area contributed by atoms with Crippen LogP contribution in [0, 0.1) is 11.3 Å². The highest BCUT2D eigenvalue weighted by Gasteiger charge is 2.24. The van der Waals surface area contributed by atoms with E-state index in [0.29, 0.717) is 17.6 Å². The van der Waals surface area contributed by atoms with Gasteiger partial charge in [0.1, 0.15) is 11.6 Å². The molecule has 2 heterocycles. The standard InChI is InChI=1S/C26H30N6O/c1-3-5-21-15-25(31-26(29-21)30-22-7-4-6-20(14-22)16-27)32-13-12-23(18-32)28-17-19-8-10-24(33-2)11-9-19/h4,6-11,14-15,23,28H,3,5,12-13,17-18H2,1-2H3,(H,29,30,31)/t23-/m0/s1. The van der Waals surface area contributed by atoms with E-state index in [-0.39, 0.29) is 0 Å². The maximum atomic E-state index is 9.17. The van der Waals surface area contributed by atoms with Gasteiger partial charge < -0.3 is 20.3 Å². The van der Waals surface area contributed by atoms with Gasteiger partial charge in [-0.2, -0.15) is 10.2 Å². The van der Waals surface area contributed by atoms with Gasteiger partial charge in [0.15, 0.2) is 0 Å². The maximum Gasteiger partial charge on any atom is 0.229 e. The lowest BCUT2D eigenvalue weighted by molar-refractivity contribution is 0.414. The molecule has 1 fully saturated rings. The van der Waals surface area contributed by atoms with Crippen LogP contribution in [-0.4, -0.2) is 36.2 Å². The fourth-order valence-electron chi connectivity index (χ4n) is 4.02. The van der Waals surface area contributed by atoms with E-state index in [1.807, 2.05) is 30.3 Å². The molecule has 2 N–H and O–H groups in total. The van der Waals surface area contributed by atoms with Crippen molar-refractivity contribution in [2.75, 3.05) is 30.4 Å². The molecule has 0 unspecified atom stereocenters. The largest absolute Gasteiger partial charge is 0.497 e. The molecule has 1 aliphatic heterocycles. The molecule has 4 rings (SSSR count). The Hall–Kier alpha value is -3.63. The first-order valence-electron chi connectivity index (χ1n) is 11.4. The molecule has 1 atom stereocenters. The molecule has 1 aromatic heterocycles. The van der Waals surface area contributed by atoms with E-state index in [0.717, 1.165) is 61.8 Å². The van der Waals surface area contributed by atoms with Crippen molar-refractivity contribution in [3.63, 3.8) is 0 Å². The summed E-state index contributed by atoms with van der Waals surface area (Å²) in [5, 5.41) is 16.1. The monoisotopic (exact) mass is 442 g/mol. The van der Waals surface area contributed by atoms with E-state index in [1.54, 1.807) is 13.2 Å². The summed E-state index contributed by atoms with van der Waals surface area (Å²) in [5.74, 6) is 2.39. The van der Waals surface area contributed by atoms with Gasteiger partial charge in [0, 0.05) is 43.1 Å². The number of hydrogen-bond acceptors (Lipinski definition) is 7. The number of aromatic nitrogens is 2. The van der Waals surface area contributed by atoms with E-state index in [1.165, 1.54) is 5.56 Å². The van der Waals surface area contributed by atoms with Crippen LogP contribution in [0.15, 0.2) is 54.6 Å². The van der Waals surface area contributed by atoms with Crippen molar-refractivity contribution in [3.8, 4) is 11.8 Å². The summed E-state index contributed by atoms with van der Waals surface area (Å²) in [6.45, 7) is 4.84. The number of hydrogen-bond donors (Lipinski definition) is 2. The molecule has 0 radical (unpaired) electrons. The lowest BCUT2D eigenvalue weighted by Gasteiger charge is -2.20. The molecule has 3 aromatic rings. The van der Waals surface area contributed by atoms with E-state index >= 15 is 0 Å². The highest BCUT2D eigenvalue weighted by atomic mass is 16.5. The summed E-state index contributed by atoms with van der Waals surface area (Å²) in [4.78, 5) is 11.8. The first-order valence-corrected chi connectivity index (χ1v) is 11.4. The van der Waals surface area contributed by atoms with Crippen molar-refractivity contribution in [1.82, 2.24) is 15.3 Å². The van der Waals surface area contributed by atoms with Gasteiger partial charge in [0.25, 0.3) is 0 Å². The van der Waals surface area contributed by atoms with Gasteiger partial charge in [0.05, 0.1) is 18.7 Å². The number of nitrogens with zero attached hydrogens (tertiary/aromatic N) is 4. The second-order valence-electron chi connectivity index (χ2n) is 8.27. The molecule has 0 amide bonds. The lowest BCUT2D eigenvalue weighted by atomic mass is 10.2. The van der Waals surface area contributed by atoms with Crippen molar-refractivity contribution < 1.29 is 4.74 Å². The van der Waals surface area contributed by atoms with E-state index in [4.69, 9.17) is 20.0 Å². The van der Waals surface area contributed by atoms with Crippen LogP contribution in [0.25, 0.3) is 0 Å². The number of nitriles is 1. The highest BCUT2D eigenvalue weighted by Crippen LogP contribution is 2.23. The van der Waals surface area contributed by atoms with E-state index in [9.17, 15) is 0 Å². The van der Waals surface area contributed by atoms with Crippen LogP contribution in [0.5, 0.6) is 5.75 Å². The highest BCUT2D eigenvalue weighted by molar-refractivity contribution is 5.58. The van der Waals surface area contributed by atoms with Crippen LogP contribution in [0.2, 0.25) is 0 Å². The average Bonchev–Trinajstić information content (AvgIpc) is 3.32. The summed E-state index contributed by atoms with van der Waals surface area (Å²) < 4.78 is 5.24. The van der Waals surface area contributed by atoms with Crippen LogP contribution in [0.4, 0.5) is 17.5 Å². The SMILES string of the molecule is CCCc1cc(N2CC[C@H](NCc3ccc(OC)cc3)C2)nc(Nc2cccc(C#N)c2)n1. The van der Waals surface area contributed by atoms with Gasteiger partial charge in [-0.3, -0.25) is 0 Å². The fraction of sp³-hybridized carbons (Fsp3) is 0.346. The molecule has 0 aliphatic carbocycles. The van der Waals surface area contributed by atoms with Crippen molar-refractivity contribution >= 4 is 17.5 Å². The third-order valence-corrected chi connectivity index (χ3v) is 5.79. The number of nitrogens with one attached hydrogen (secondary N) is 2. The van der Waals surface area contributed by atoms with Gasteiger partial charge in [-0.15, -0.1) is 0 Å². The molecular formula is C26H30N6O. The number of anilines is 3. The minimum absolute atomic E-state index is 0.403. The van der Waals surface area contributed by atoms with Crippen LogP contribution in [0.1, 0.15) is 36.6 Å². The van der Waals surface area contributed by atoms with E-state index < -0.39 is 0 Å². The molecule has 33 heavy (non-hydrogen) atoms. The zero-order valence-corrected chi connectivity index (χ0v) is 19.2. The molecule has 7 nitrogen and oxygen atoms in total. The Kier molecular flexibility index (Phi) is 7.38. The van der Waals surface area contributed by atoms with Crippen LogP contribution in [-0.2, 0) is 13.0 Å². The molecule has 1 aliphatic rings. The first-order chi connectivity index (χ1) is 16.2. The molecule has 1 saturated heterocycles. The molecule has 7 heteroatoms. The van der Waals surface area contributed by atoms with Crippen molar-refractivity contribution in [2.45, 2.75) is 38.8 Å². The lowest BCUT2D eigenvalue weighted by Crippen LogP contribution is -2.32. The number of benzene rings is 2. The van der Waals surface area contributed by atoms with Crippen molar-refractivity contribution in [3.05, 3.63) is 71.4 Å². The third kappa shape index (κ3) is 5.99. The maximum absolute atomic E-state index is 9.17. The summed E-state index contributed by atoms with van der Waals surface area (Å²) in [6.07, 6.45) is 2.98. The summed E-state index contributed by atoms with van der Waals surface area (Å²) in [5.41, 5.74) is 3.69. The van der Waals surface area contributed by atoms with Gasteiger partial charge in [-0.05, 0) is 48.7 Å². The Labute approximate surface area is 195 Å². The number of aryl methyl sites for hydroxylation is 1.